The van der Waals surface area contributed by atoms with Crippen LogP contribution in [0.1, 0.15) is 69.7 Å². The molecule has 0 aromatic heterocycles. The van der Waals surface area contributed by atoms with E-state index in [9.17, 15) is 24.6 Å². The van der Waals surface area contributed by atoms with Gasteiger partial charge in [0.1, 0.15) is 18.5 Å². The van der Waals surface area contributed by atoms with Crippen LogP contribution in [0.15, 0.2) is 23.8 Å². The van der Waals surface area contributed by atoms with Gasteiger partial charge in [0.15, 0.2) is 11.5 Å². The molecule has 226 valence electrons. The maximum atomic E-state index is 13.6. The van der Waals surface area contributed by atoms with E-state index in [1.54, 1.807) is 18.2 Å². The average molecular weight is 683 g/mol. The van der Waals surface area contributed by atoms with Crippen molar-refractivity contribution in [2.45, 2.75) is 77.5 Å². The normalized spacial score (nSPS) is 28.1. The summed E-state index contributed by atoms with van der Waals surface area (Å²) in [5.74, 6) is 1.86. The number of amides is 2. The first kappa shape index (κ1) is 31.7. The fourth-order valence-electron chi connectivity index (χ4n) is 7.05. The number of fused-ring (bicyclic) bond motifs is 2. The molecule has 9 nitrogen and oxygen atoms in total. The molecule has 6 atom stereocenters. The molecule has 4 aliphatic carbocycles. The van der Waals surface area contributed by atoms with Gasteiger partial charge in [-0.3, -0.25) is 14.4 Å². The van der Waals surface area contributed by atoms with E-state index in [-0.39, 0.29) is 36.8 Å². The summed E-state index contributed by atoms with van der Waals surface area (Å²) in [4.78, 5) is 40.0. The Bertz CT molecular complexity index is 1170. The molecule has 1 aromatic rings. The van der Waals surface area contributed by atoms with Crippen LogP contribution in [0.25, 0.3) is 0 Å². The number of rotatable bonds is 12. The third kappa shape index (κ3) is 6.59. The fourth-order valence-corrected chi connectivity index (χ4v) is 7.80. The van der Waals surface area contributed by atoms with Crippen LogP contribution in [0, 0.1) is 26.7 Å². The van der Waals surface area contributed by atoms with Gasteiger partial charge in [-0.15, -0.1) is 0 Å². The van der Waals surface area contributed by atoms with Gasteiger partial charge in [-0.2, -0.15) is 0 Å². The smallest absolute Gasteiger partial charge is 0.247 e. The summed E-state index contributed by atoms with van der Waals surface area (Å²) in [6.45, 7) is 7.04. The summed E-state index contributed by atoms with van der Waals surface area (Å²) in [7, 11) is 1.47. The number of halogens is 1. The Hall–Kier alpha value is -2.18. The van der Waals surface area contributed by atoms with E-state index in [0.717, 1.165) is 25.0 Å². The Kier molecular flexibility index (Phi) is 10.4. The van der Waals surface area contributed by atoms with Gasteiger partial charge in [-0.1, -0.05) is 20.8 Å². The van der Waals surface area contributed by atoms with Gasteiger partial charge in [0.25, 0.3) is 0 Å². The molecular weight excluding hydrogens is 639 g/mol. The number of aldehydes is 1. The summed E-state index contributed by atoms with van der Waals surface area (Å²) < 4.78 is 12.4. The first-order valence-electron chi connectivity index (χ1n) is 14.6. The molecule has 6 unspecified atom stereocenters. The van der Waals surface area contributed by atoms with Crippen LogP contribution in [0.5, 0.6) is 11.5 Å². The zero-order valence-electron chi connectivity index (χ0n) is 24.4. The molecule has 0 heterocycles. The summed E-state index contributed by atoms with van der Waals surface area (Å²) in [5.41, 5.74) is 1.06. The number of carbonyl (C=O) groups excluding carboxylic acids is 3. The number of hydrogen-bond acceptors (Lipinski definition) is 7. The van der Waals surface area contributed by atoms with Gasteiger partial charge >= 0.3 is 0 Å². The standard InChI is InChI=1S/C31H43IN2O7/c1-5-6-27(37)34(16-19-7-8-21-15-22(19)31(21,2)3)24-13-20(30(39)33-9-10-35)14-25(28(24)38)41-29-23(32)11-18(17-36)12-26(29)40-4/h11-12,14,17,19,21-22,24-25,28,35,38H,5-10,13,15-16H2,1-4H3,(H,33,39). The van der Waals surface area contributed by atoms with Crippen molar-refractivity contribution in [1.82, 2.24) is 10.2 Å². The van der Waals surface area contributed by atoms with E-state index in [4.69, 9.17) is 9.47 Å². The first-order chi connectivity index (χ1) is 19.5. The van der Waals surface area contributed by atoms with Crippen LogP contribution in [-0.4, -0.2) is 78.3 Å². The molecule has 3 N–H and O–H groups in total. The lowest BCUT2D eigenvalue weighted by molar-refractivity contribution is -0.148. The summed E-state index contributed by atoms with van der Waals surface area (Å²) in [6.07, 6.45) is 4.83. The maximum Gasteiger partial charge on any atom is 0.247 e. The molecule has 0 saturated heterocycles. The number of carbonyl (C=O) groups is 3. The average Bonchev–Trinajstić information content (AvgIpc) is 2.96. The van der Waals surface area contributed by atoms with Gasteiger partial charge in [-0.25, -0.2) is 0 Å². The van der Waals surface area contributed by atoms with Crippen LogP contribution in [0.3, 0.4) is 0 Å². The lowest BCUT2D eigenvalue weighted by Crippen LogP contribution is -2.59. The topological polar surface area (TPSA) is 125 Å². The van der Waals surface area contributed by atoms with Gasteiger partial charge in [0, 0.05) is 37.1 Å². The second-order valence-electron chi connectivity index (χ2n) is 12.2. The van der Waals surface area contributed by atoms with Gasteiger partial charge in [0.05, 0.1) is 23.3 Å². The monoisotopic (exact) mass is 682 g/mol. The van der Waals surface area contributed by atoms with Crippen molar-refractivity contribution in [2.75, 3.05) is 26.8 Å². The molecular formula is C31H43IN2O7. The van der Waals surface area contributed by atoms with Crippen molar-refractivity contribution < 1.29 is 34.1 Å². The molecule has 10 heteroatoms. The molecule has 1 aromatic carbocycles. The molecule has 0 radical (unpaired) electrons. The molecule has 3 saturated carbocycles. The lowest BCUT2D eigenvalue weighted by Gasteiger charge is -2.61. The number of methoxy groups -OCH3 is 1. The van der Waals surface area contributed by atoms with E-state index in [0.29, 0.717) is 57.4 Å². The summed E-state index contributed by atoms with van der Waals surface area (Å²) in [5, 5.41) is 23.8. The lowest BCUT2D eigenvalue weighted by atomic mass is 9.45. The zero-order chi connectivity index (χ0) is 29.9. The third-order valence-electron chi connectivity index (χ3n) is 9.47. The highest BCUT2D eigenvalue weighted by molar-refractivity contribution is 14.1. The zero-order valence-corrected chi connectivity index (χ0v) is 26.6. The summed E-state index contributed by atoms with van der Waals surface area (Å²) in [6, 6.07) is 2.55. The highest BCUT2D eigenvalue weighted by atomic mass is 127. The Morgan fingerprint density at radius 3 is 2.63 bits per heavy atom. The number of hydrogen-bond donors (Lipinski definition) is 3. The Morgan fingerprint density at radius 1 is 1.27 bits per heavy atom. The Balaban J connectivity index is 1.68. The summed E-state index contributed by atoms with van der Waals surface area (Å²) >= 11 is 2.05. The molecule has 0 spiro atoms. The van der Waals surface area contributed by atoms with Crippen molar-refractivity contribution in [1.29, 1.82) is 0 Å². The van der Waals surface area contributed by atoms with Crippen molar-refractivity contribution >= 4 is 40.7 Å². The minimum Gasteiger partial charge on any atom is -0.493 e. The quantitative estimate of drug-likeness (QED) is 0.227. The van der Waals surface area contributed by atoms with Crippen LogP contribution in [-0.2, 0) is 9.59 Å². The number of benzene rings is 1. The molecule has 0 aliphatic heterocycles. The van der Waals surface area contributed by atoms with E-state index < -0.39 is 18.2 Å². The predicted octanol–water partition coefficient (Wildman–Crippen LogP) is 3.73. The van der Waals surface area contributed by atoms with E-state index in [1.165, 1.54) is 13.5 Å². The third-order valence-corrected chi connectivity index (χ3v) is 10.3. The van der Waals surface area contributed by atoms with E-state index in [1.807, 2.05) is 34.4 Å². The number of aliphatic hydroxyl groups is 2. The van der Waals surface area contributed by atoms with E-state index in [2.05, 4.69) is 19.2 Å². The predicted molar refractivity (Wildman–Crippen MR) is 163 cm³/mol. The van der Waals surface area contributed by atoms with Gasteiger partial charge in [-0.05, 0) is 89.7 Å². The number of nitrogens with zero attached hydrogens (tertiary/aromatic N) is 1. The van der Waals surface area contributed by atoms with Crippen molar-refractivity contribution in [2.24, 2.45) is 23.2 Å². The maximum absolute atomic E-state index is 13.6. The molecule has 3 fully saturated rings. The first-order valence-corrected chi connectivity index (χ1v) is 15.7. The molecule has 4 aliphatic rings. The van der Waals surface area contributed by atoms with Crippen LogP contribution < -0.4 is 14.8 Å². The minimum atomic E-state index is -1.11. The SMILES string of the molecule is CCCC(=O)N(CC1CCC2CC1C2(C)C)C1CC(C(=O)NCCO)=CC(Oc2c(I)cc(C=O)cc2OC)C1O. The van der Waals surface area contributed by atoms with Crippen LogP contribution >= 0.6 is 22.6 Å². The largest absolute Gasteiger partial charge is 0.493 e. The molecule has 41 heavy (non-hydrogen) atoms. The minimum absolute atomic E-state index is 0.0333. The van der Waals surface area contributed by atoms with Crippen LogP contribution in [0.4, 0.5) is 0 Å². The van der Waals surface area contributed by atoms with Gasteiger partial charge < -0.3 is 29.9 Å². The molecule has 2 bridgehead atoms. The van der Waals surface area contributed by atoms with Crippen molar-refractivity contribution in [3.8, 4) is 11.5 Å². The van der Waals surface area contributed by atoms with E-state index >= 15 is 0 Å². The second kappa shape index (κ2) is 13.4. The molecule has 5 rings (SSSR count). The van der Waals surface area contributed by atoms with Crippen molar-refractivity contribution in [3.63, 3.8) is 0 Å². The Labute approximate surface area is 256 Å². The fraction of sp³-hybridized carbons (Fsp3) is 0.645. The van der Waals surface area contributed by atoms with Crippen LogP contribution in [0.2, 0.25) is 0 Å². The number of aliphatic hydroxyl groups excluding tert-OH is 2. The second-order valence-corrected chi connectivity index (χ2v) is 13.3. The van der Waals surface area contributed by atoms with Crippen molar-refractivity contribution in [3.05, 3.63) is 32.9 Å². The molecule has 2 amide bonds. The highest BCUT2D eigenvalue weighted by Gasteiger charge is 2.55. The highest BCUT2D eigenvalue weighted by Crippen LogP contribution is 2.61. The Morgan fingerprint density at radius 2 is 2.02 bits per heavy atom. The number of nitrogens with one attached hydrogen (secondary N) is 1. The number of ether oxygens (including phenoxy) is 2. The van der Waals surface area contributed by atoms with Gasteiger partial charge in [0.2, 0.25) is 11.8 Å².